The first-order chi connectivity index (χ1) is 17.0. The molecule has 0 radical (unpaired) electrons. The molecular weight excluding hydrogens is 464 g/mol. The maximum atomic E-state index is 13.2. The topological polar surface area (TPSA) is 84.0 Å². The second kappa shape index (κ2) is 8.32. The van der Waals surface area contributed by atoms with Crippen molar-refractivity contribution in [3.05, 3.63) is 90.0 Å². The molecule has 0 aromatic heterocycles. The molecule has 178 valence electrons. The minimum Gasteiger partial charge on any atom is -0.448 e. The Morgan fingerprint density at radius 1 is 0.886 bits per heavy atom. The largest absolute Gasteiger partial charge is 0.448 e. The van der Waals surface area contributed by atoms with E-state index >= 15 is 0 Å². The number of benzene rings is 3. The van der Waals surface area contributed by atoms with Gasteiger partial charge in [-0.3, -0.25) is 9.69 Å². The van der Waals surface area contributed by atoms with Crippen LogP contribution in [0.3, 0.4) is 0 Å². The Labute approximate surface area is 204 Å². The summed E-state index contributed by atoms with van der Waals surface area (Å²) in [6.07, 6.45) is -0.182. The first kappa shape index (κ1) is 22.0. The summed E-state index contributed by atoms with van der Waals surface area (Å²) in [7, 11) is -3.83. The Morgan fingerprint density at radius 2 is 1.49 bits per heavy atom. The van der Waals surface area contributed by atoms with E-state index in [1.54, 1.807) is 18.2 Å². The molecule has 1 amide bonds. The van der Waals surface area contributed by atoms with Crippen LogP contribution in [0.2, 0.25) is 0 Å². The summed E-state index contributed by atoms with van der Waals surface area (Å²) in [6, 6.07) is 22.9. The van der Waals surface area contributed by atoms with Crippen molar-refractivity contribution in [3.63, 3.8) is 0 Å². The summed E-state index contributed by atoms with van der Waals surface area (Å²) < 4.78 is 33.3. The molecule has 0 saturated carbocycles. The maximum Gasteiger partial charge on any atom is 0.410 e. The lowest BCUT2D eigenvalue weighted by Crippen LogP contribution is -2.44. The zero-order chi connectivity index (χ0) is 24.2. The molecule has 2 saturated heterocycles. The second-order valence-corrected chi connectivity index (χ2v) is 11.0. The third-order valence-corrected chi connectivity index (χ3v) is 9.18. The summed E-state index contributed by atoms with van der Waals surface area (Å²) >= 11 is 0. The molecule has 3 aromatic rings. The van der Waals surface area contributed by atoms with Gasteiger partial charge in [-0.05, 0) is 40.8 Å². The zero-order valence-corrected chi connectivity index (χ0v) is 19.7. The van der Waals surface area contributed by atoms with Crippen molar-refractivity contribution in [1.29, 1.82) is 0 Å². The number of likely N-dealkylation sites (tertiary alicyclic amines) is 1. The Kier molecular flexibility index (Phi) is 5.23. The third kappa shape index (κ3) is 3.47. The van der Waals surface area contributed by atoms with E-state index in [4.69, 9.17) is 4.74 Å². The smallest absolute Gasteiger partial charge is 0.410 e. The molecule has 2 atom stereocenters. The van der Waals surface area contributed by atoms with Crippen LogP contribution >= 0.6 is 0 Å². The maximum absolute atomic E-state index is 13.2. The van der Waals surface area contributed by atoms with Gasteiger partial charge in [0.15, 0.2) is 5.78 Å². The van der Waals surface area contributed by atoms with Crippen LogP contribution in [0.25, 0.3) is 11.1 Å². The Balaban J connectivity index is 1.19. The number of carbonyl (C=O) groups excluding carboxylic acids is 2. The molecule has 8 heteroatoms. The van der Waals surface area contributed by atoms with Gasteiger partial charge in [0, 0.05) is 12.5 Å². The van der Waals surface area contributed by atoms with Gasteiger partial charge in [0.05, 0.1) is 17.5 Å². The molecule has 2 fully saturated rings. The summed E-state index contributed by atoms with van der Waals surface area (Å²) in [5.41, 5.74) is 4.49. The van der Waals surface area contributed by atoms with E-state index in [0.29, 0.717) is 6.42 Å². The Bertz CT molecular complexity index is 1380. The number of amides is 1. The highest BCUT2D eigenvalue weighted by molar-refractivity contribution is 7.89. The van der Waals surface area contributed by atoms with Crippen LogP contribution in [0.4, 0.5) is 4.79 Å². The van der Waals surface area contributed by atoms with Crippen molar-refractivity contribution in [2.45, 2.75) is 29.3 Å². The minimum absolute atomic E-state index is 0.0843. The van der Waals surface area contributed by atoms with Gasteiger partial charge < -0.3 is 4.74 Å². The van der Waals surface area contributed by atoms with Gasteiger partial charge in [-0.25, -0.2) is 13.2 Å². The van der Waals surface area contributed by atoms with E-state index < -0.39 is 28.2 Å². The molecule has 0 N–H and O–H groups in total. The molecular formula is C27H24N2O5S. The van der Waals surface area contributed by atoms with Crippen LogP contribution in [0.5, 0.6) is 0 Å². The highest BCUT2D eigenvalue weighted by Gasteiger charge is 2.54. The van der Waals surface area contributed by atoms with Crippen molar-refractivity contribution < 1.29 is 22.7 Å². The van der Waals surface area contributed by atoms with Crippen LogP contribution in [-0.4, -0.2) is 61.3 Å². The second-order valence-electron chi connectivity index (χ2n) is 9.13. The molecule has 1 aliphatic carbocycles. The van der Waals surface area contributed by atoms with E-state index in [9.17, 15) is 18.0 Å². The van der Waals surface area contributed by atoms with Crippen LogP contribution < -0.4 is 0 Å². The van der Waals surface area contributed by atoms with Crippen molar-refractivity contribution in [2.75, 3.05) is 19.7 Å². The van der Waals surface area contributed by atoms with Crippen LogP contribution in [-0.2, 0) is 19.6 Å². The number of Topliss-reactive ketones (excluding diaryl/α,β-unsaturated/α-hetero) is 1. The zero-order valence-electron chi connectivity index (χ0n) is 18.9. The summed E-state index contributed by atoms with van der Waals surface area (Å²) in [5, 5.41) is 0. The molecule has 2 unspecified atom stereocenters. The fourth-order valence-corrected chi connectivity index (χ4v) is 7.35. The monoisotopic (exact) mass is 488 g/mol. The van der Waals surface area contributed by atoms with Gasteiger partial charge in [-0.15, -0.1) is 0 Å². The fourth-order valence-electron chi connectivity index (χ4n) is 5.70. The lowest BCUT2D eigenvalue weighted by atomic mass is 9.98. The number of carbonyl (C=O) groups is 2. The molecule has 0 bridgehead atoms. The SMILES string of the molecule is O=C1CN(S(=O)(=O)c2ccccc2)C2CCN(C(=O)OCC3c4ccccc4-c4ccccc43)C12. The quantitative estimate of drug-likeness (QED) is 0.560. The molecule has 3 aromatic carbocycles. The average Bonchev–Trinajstić information content (AvgIpc) is 3.55. The fraction of sp³-hybridized carbons (Fsp3) is 0.259. The van der Waals surface area contributed by atoms with Crippen molar-refractivity contribution in [1.82, 2.24) is 9.21 Å². The van der Waals surface area contributed by atoms with E-state index in [2.05, 4.69) is 12.1 Å². The van der Waals surface area contributed by atoms with Gasteiger partial charge in [0.25, 0.3) is 0 Å². The van der Waals surface area contributed by atoms with E-state index in [1.165, 1.54) is 21.3 Å². The normalized spacial score (nSPS) is 21.6. The number of nitrogens with zero attached hydrogens (tertiary/aromatic N) is 2. The van der Waals surface area contributed by atoms with Crippen molar-refractivity contribution in [3.8, 4) is 11.1 Å². The number of hydrogen-bond donors (Lipinski definition) is 0. The molecule has 0 spiro atoms. The van der Waals surface area contributed by atoms with E-state index in [1.807, 2.05) is 36.4 Å². The highest BCUT2D eigenvalue weighted by Crippen LogP contribution is 2.44. The van der Waals surface area contributed by atoms with Gasteiger partial charge in [0.2, 0.25) is 10.0 Å². The molecule has 2 aliphatic heterocycles. The molecule has 35 heavy (non-hydrogen) atoms. The number of hydrogen-bond acceptors (Lipinski definition) is 5. The number of fused-ring (bicyclic) bond motifs is 4. The highest BCUT2D eigenvalue weighted by atomic mass is 32.2. The molecule has 6 rings (SSSR count). The van der Waals surface area contributed by atoms with Crippen LogP contribution in [0, 0.1) is 0 Å². The summed E-state index contributed by atoms with van der Waals surface area (Å²) in [5.74, 6) is -0.362. The first-order valence-corrected chi connectivity index (χ1v) is 13.1. The van der Waals surface area contributed by atoms with Gasteiger partial charge in [-0.2, -0.15) is 4.31 Å². The van der Waals surface area contributed by atoms with Gasteiger partial charge in [-0.1, -0.05) is 66.7 Å². The average molecular weight is 489 g/mol. The lowest BCUT2D eigenvalue weighted by Gasteiger charge is -2.24. The Morgan fingerprint density at radius 3 is 2.14 bits per heavy atom. The van der Waals surface area contributed by atoms with Crippen molar-refractivity contribution in [2.24, 2.45) is 0 Å². The Hall–Kier alpha value is -3.49. The number of rotatable bonds is 4. The number of sulfonamides is 1. The van der Waals surface area contributed by atoms with Crippen LogP contribution in [0.15, 0.2) is 83.8 Å². The van der Waals surface area contributed by atoms with Gasteiger partial charge in [0.1, 0.15) is 12.6 Å². The number of ketones is 1. The number of ether oxygens (including phenoxy) is 1. The van der Waals surface area contributed by atoms with Crippen LogP contribution in [0.1, 0.15) is 23.5 Å². The van der Waals surface area contributed by atoms with Gasteiger partial charge >= 0.3 is 6.09 Å². The molecule has 2 heterocycles. The van der Waals surface area contributed by atoms with E-state index in [0.717, 1.165) is 22.3 Å². The predicted octanol–water partition coefficient (Wildman–Crippen LogP) is 3.65. The van der Waals surface area contributed by atoms with Crippen molar-refractivity contribution >= 4 is 21.9 Å². The molecule has 3 aliphatic rings. The standard InChI is InChI=1S/C27H24N2O5S/c30-25-16-29(35(32,33)18-8-2-1-3-9-18)24-14-15-28(26(24)25)27(31)34-17-23-21-12-6-4-10-19(21)20-11-5-7-13-22(20)23/h1-13,23-24,26H,14-17H2. The lowest BCUT2D eigenvalue weighted by molar-refractivity contribution is -0.120. The van der Waals surface area contributed by atoms with E-state index in [-0.39, 0.29) is 36.3 Å². The first-order valence-electron chi connectivity index (χ1n) is 11.7. The summed E-state index contributed by atoms with van der Waals surface area (Å²) in [4.78, 5) is 27.6. The predicted molar refractivity (Wildman–Crippen MR) is 129 cm³/mol. The minimum atomic E-state index is -3.83. The molecule has 7 nitrogen and oxygen atoms in total. The third-order valence-electron chi connectivity index (χ3n) is 7.30. The summed E-state index contributed by atoms with van der Waals surface area (Å²) in [6.45, 7) is 0.194.